The lowest BCUT2D eigenvalue weighted by atomic mass is 10.1. The van der Waals surface area contributed by atoms with E-state index < -0.39 is 22.0 Å². The van der Waals surface area contributed by atoms with Crippen LogP contribution in [0.4, 0.5) is 5.69 Å². The molecular weight excluding hydrogens is 286 g/mol. The molecule has 0 amide bonds. The molecule has 1 aromatic carbocycles. The predicted octanol–water partition coefficient (Wildman–Crippen LogP) is 1.30. The Morgan fingerprint density at radius 2 is 1.90 bits per heavy atom. The van der Waals surface area contributed by atoms with E-state index in [0.29, 0.717) is 5.56 Å². The van der Waals surface area contributed by atoms with Gasteiger partial charge in [0.05, 0.1) is 17.0 Å². The van der Waals surface area contributed by atoms with Gasteiger partial charge in [0.25, 0.3) is 0 Å². The van der Waals surface area contributed by atoms with E-state index in [4.69, 9.17) is 10.2 Å². The molecule has 0 radical (unpaired) electrons. The third kappa shape index (κ3) is 4.54. The second kappa shape index (κ2) is 6.38. The Balaban J connectivity index is 2.85. The van der Waals surface area contributed by atoms with Crippen LogP contribution in [0.15, 0.2) is 18.2 Å². The number of carbonyl (C=O) groups is 2. The fraction of sp³-hybridized carbons (Fsp3) is 0.333. The first-order chi connectivity index (χ1) is 9.23. The van der Waals surface area contributed by atoms with Crippen LogP contribution in [0.25, 0.3) is 0 Å². The number of rotatable bonds is 7. The monoisotopic (exact) mass is 301 g/mol. The summed E-state index contributed by atoms with van der Waals surface area (Å²) in [5.41, 5.74) is 0.498. The number of benzene rings is 1. The highest BCUT2D eigenvalue weighted by Gasteiger charge is 2.15. The summed E-state index contributed by atoms with van der Waals surface area (Å²) in [6, 6.07) is 4.27. The Kier molecular flexibility index (Phi) is 5.09. The average Bonchev–Trinajstić information content (AvgIpc) is 2.30. The first-order valence-electron chi connectivity index (χ1n) is 5.78. The molecule has 0 heterocycles. The van der Waals surface area contributed by atoms with Crippen LogP contribution in [0.1, 0.15) is 28.8 Å². The topological polar surface area (TPSA) is 121 Å². The van der Waals surface area contributed by atoms with Crippen LogP contribution in [0.3, 0.4) is 0 Å². The van der Waals surface area contributed by atoms with Gasteiger partial charge in [0.2, 0.25) is 10.0 Å². The van der Waals surface area contributed by atoms with Gasteiger partial charge in [-0.15, -0.1) is 0 Å². The van der Waals surface area contributed by atoms with E-state index in [9.17, 15) is 18.0 Å². The van der Waals surface area contributed by atoms with Crippen molar-refractivity contribution in [3.8, 4) is 0 Å². The standard InChI is InChI=1S/C12H15NO6S/c1-8-9(12(16)17)4-2-5-10(8)13-20(18,19)7-3-6-11(14)15/h2,4-5,13H,3,6-7H2,1H3,(H,14,15)(H,16,17). The Morgan fingerprint density at radius 1 is 1.25 bits per heavy atom. The lowest BCUT2D eigenvalue weighted by Gasteiger charge is -2.11. The first-order valence-corrected chi connectivity index (χ1v) is 7.43. The summed E-state index contributed by atoms with van der Waals surface area (Å²) in [6.07, 6.45) is -0.253. The molecule has 0 aliphatic rings. The SMILES string of the molecule is Cc1c(NS(=O)(=O)CCCC(=O)O)cccc1C(=O)O. The number of sulfonamides is 1. The molecule has 0 atom stereocenters. The molecule has 0 saturated heterocycles. The molecule has 0 spiro atoms. The molecule has 8 heteroatoms. The lowest BCUT2D eigenvalue weighted by molar-refractivity contribution is -0.137. The summed E-state index contributed by atoms with van der Waals surface area (Å²) in [5, 5.41) is 17.4. The highest BCUT2D eigenvalue weighted by atomic mass is 32.2. The van der Waals surface area contributed by atoms with Gasteiger partial charge in [0.1, 0.15) is 0 Å². The fourth-order valence-corrected chi connectivity index (χ4v) is 2.79. The van der Waals surface area contributed by atoms with Crippen molar-refractivity contribution < 1.29 is 28.2 Å². The molecule has 20 heavy (non-hydrogen) atoms. The van der Waals surface area contributed by atoms with Crippen LogP contribution < -0.4 is 4.72 Å². The number of carboxylic acid groups (broad SMARTS) is 2. The largest absolute Gasteiger partial charge is 0.481 e. The van der Waals surface area contributed by atoms with Crippen molar-refractivity contribution in [2.75, 3.05) is 10.5 Å². The quantitative estimate of drug-likeness (QED) is 0.698. The minimum Gasteiger partial charge on any atom is -0.481 e. The fourth-order valence-electron chi connectivity index (χ4n) is 1.61. The Morgan fingerprint density at radius 3 is 2.45 bits per heavy atom. The van der Waals surface area contributed by atoms with E-state index in [2.05, 4.69) is 4.72 Å². The lowest BCUT2D eigenvalue weighted by Crippen LogP contribution is -2.18. The van der Waals surface area contributed by atoms with Crippen molar-refractivity contribution in [2.24, 2.45) is 0 Å². The second-order valence-corrected chi connectivity index (χ2v) is 6.04. The van der Waals surface area contributed by atoms with Crippen LogP contribution in [-0.2, 0) is 14.8 Å². The molecule has 1 rings (SSSR count). The van der Waals surface area contributed by atoms with Crippen LogP contribution in [0, 0.1) is 6.92 Å². The van der Waals surface area contributed by atoms with Crippen LogP contribution in [0.5, 0.6) is 0 Å². The van der Waals surface area contributed by atoms with E-state index in [1.54, 1.807) is 0 Å². The second-order valence-electron chi connectivity index (χ2n) is 4.20. The minimum atomic E-state index is -3.70. The van der Waals surface area contributed by atoms with Crippen molar-refractivity contribution in [1.29, 1.82) is 0 Å². The summed E-state index contributed by atoms with van der Waals surface area (Å²) >= 11 is 0. The zero-order chi connectivity index (χ0) is 15.3. The van der Waals surface area contributed by atoms with Crippen molar-refractivity contribution in [3.05, 3.63) is 29.3 Å². The van der Waals surface area contributed by atoms with Crippen LogP contribution >= 0.6 is 0 Å². The number of hydrogen-bond donors (Lipinski definition) is 3. The molecule has 0 fully saturated rings. The van der Waals surface area contributed by atoms with Crippen molar-refractivity contribution in [2.45, 2.75) is 19.8 Å². The van der Waals surface area contributed by atoms with Gasteiger partial charge >= 0.3 is 11.9 Å². The van der Waals surface area contributed by atoms with Gasteiger partial charge in [-0.2, -0.15) is 0 Å². The molecule has 0 bridgehead atoms. The van der Waals surface area contributed by atoms with Gasteiger partial charge in [-0.25, -0.2) is 13.2 Å². The third-order valence-corrected chi connectivity index (χ3v) is 3.99. The van der Waals surface area contributed by atoms with E-state index >= 15 is 0 Å². The summed E-state index contributed by atoms with van der Waals surface area (Å²) < 4.78 is 25.8. The maximum absolute atomic E-state index is 11.8. The Hall–Kier alpha value is -2.09. The number of aliphatic carboxylic acids is 1. The summed E-state index contributed by atoms with van der Waals surface area (Å²) in [4.78, 5) is 21.3. The van der Waals surface area contributed by atoms with Gasteiger partial charge in [-0.1, -0.05) is 6.07 Å². The minimum absolute atomic E-state index is 0.00994. The van der Waals surface area contributed by atoms with Crippen LogP contribution in [0.2, 0.25) is 0 Å². The molecular formula is C12H15NO6S. The van der Waals surface area contributed by atoms with E-state index in [0.717, 1.165) is 0 Å². The van der Waals surface area contributed by atoms with Gasteiger partial charge in [-0.05, 0) is 31.0 Å². The summed E-state index contributed by atoms with van der Waals surface area (Å²) in [7, 11) is -3.70. The third-order valence-electron chi connectivity index (χ3n) is 2.63. The van der Waals surface area contributed by atoms with E-state index in [-0.39, 0.29) is 29.8 Å². The van der Waals surface area contributed by atoms with E-state index in [1.165, 1.54) is 25.1 Å². The maximum atomic E-state index is 11.8. The number of aromatic carboxylic acids is 1. The normalized spacial score (nSPS) is 11.1. The number of anilines is 1. The molecule has 0 aliphatic carbocycles. The first kappa shape index (κ1) is 16.0. The Labute approximate surface area is 116 Å². The van der Waals surface area contributed by atoms with Crippen LogP contribution in [-0.4, -0.2) is 36.3 Å². The molecule has 0 aliphatic heterocycles. The number of hydrogen-bond acceptors (Lipinski definition) is 4. The number of nitrogens with one attached hydrogen (secondary N) is 1. The molecule has 3 N–H and O–H groups in total. The van der Waals surface area contributed by atoms with Crippen molar-refractivity contribution in [1.82, 2.24) is 0 Å². The molecule has 0 unspecified atom stereocenters. The molecule has 7 nitrogen and oxygen atoms in total. The summed E-state index contributed by atoms with van der Waals surface area (Å²) in [5.74, 6) is -2.55. The van der Waals surface area contributed by atoms with Crippen molar-refractivity contribution in [3.63, 3.8) is 0 Å². The van der Waals surface area contributed by atoms with E-state index in [1.807, 2.05) is 0 Å². The predicted molar refractivity (Wildman–Crippen MR) is 72.4 cm³/mol. The molecule has 0 saturated carbocycles. The summed E-state index contributed by atoms with van der Waals surface area (Å²) in [6.45, 7) is 1.50. The maximum Gasteiger partial charge on any atom is 0.336 e. The van der Waals surface area contributed by atoms with Crippen molar-refractivity contribution >= 4 is 27.6 Å². The average molecular weight is 301 g/mol. The number of carboxylic acids is 2. The smallest absolute Gasteiger partial charge is 0.336 e. The van der Waals surface area contributed by atoms with Gasteiger partial charge in [-0.3, -0.25) is 9.52 Å². The molecule has 110 valence electrons. The van der Waals surface area contributed by atoms with Gasteiger partial charge in [0, 0.05) is 6.42 Å². The Bertz CT molecular complexity index is 623. The van der Waals surface area contributed by atoms with Gasteiger partial charge in [0.15, 0.2) is 0 Å². The highest BCUT2D eigenvalue weighted by molar-refractivity contribution is 7.92. The van der Waals surface area contributed by atoms with Gasteiger partial charge < -0.3 is 10.2 Å². The molecule has 0 aromatic heterocycles. The zero-order valence-electron chi connectivity index (χ0n) is 10.8. The zero-order valence-corrected chi connectivity index (χ0v) is 11.6. The molecule has 1 aromatic rings. The highest BCUT2D eigenvalue weighted by Crippen LogP contribution is 2.20.